The van der Waals surface area contributed by atoms with Gasteiger partial charge in [-0.2, -0.15) is 0 Å². The summed E-state index contributed by atoms with van der Waals surface area (Å²) in [6.45, 7) is 4.32. The van der Waals surface area contributed by atoms with Gasteiger partial charge < -0.3 is 14.6 Å². The Morgan fingerprint density at radius 2 is 1.83 bits per heavy atom. The second kappa shape index (κ2) is 10.7. The van der Waals surface area contributed by atoms with Gasteiger partial charge in [-0.3, -0.25) is 14.5 Å². The van der Waals surface area contributed by atoms with Crippen LogP contribution >= 0.6 is 11.8 Å². The van der Waals surface area contributed by atoms with Gasteiger partial charge in [-0.15, -0.1) is 11.8 Å². The molecule has 1 aromatic heterocycles. The molecule has 1 N–H and O–H groups in total. The van der Waals surface area contributed by atoms with Gasteiger partial charge in [0.15, 0.2) is 0 Å². The molecule has 2 amide bonds. The van der Waals surface area contributed by atoms with E-state index in [0.29, 0.717) is 36.5 Å². The van der Waals surface area contributed by atoms with E-state index in [1.54, 1.807) is 6.26 Å². The summed E-state index contributed by atoms with van der Waals surface area (Å²) in [5, 5.41) is 3.49. The monoisotopic (exact) mass is 489 g/mol. The van der Waals surface area contributed by atoms with Crippen molar-refractivity contribution in [1.82, 2.24) is 10.2 Å². The number of para-hydroxylation sites is 1. The summed E-state index contributed by atoms with van der Waals surface area (Å²) in [6, 6.07) is 20.0. The maximum absolute atomic E-state index is 13.6. The molecule has 0 saturated heterocycles. The first kappa shape index (κ1) is 23.7. The molecule has 1 saturated carbocycles. The predicted molar refractivity (Wildman–Crippen MR) is 138 cm³/mol. The molecule has 1 atom stereocenters. The van der Waals surface area contributed by atoms with E-state index in [0.717, 1.165) is 41.2 Å². The fraction of sp³-hybridized carbons (Fsp3) is 0.357. The average Bonchev–Trinajstić information content (AvgIpc) is 3.55. The van der Waals surface area contributed by atoms with Crippen molar-refractivity contribution < 1.29 is 14.0 Å². The van der Waals surface area contributed by atoms with E-state index in [1.807, 2.05) is 71.3 Å². The Hall–Kier alpha value is -3.03. The summed E-state index contributed by atoms with van der Waals surface area (Å²) >= 11 is 1.84. The summed E-state index contributed by atoms with van der Waals surface area (Å²) in [7, 11) is 0. The smallest absolute Gasteiger partial charge is 0.251 e. The molecule has 3 aromatic rings. The highest BCUT2D eigenvalue weighted by Crippen LogP contribution is 2.37. The fourth-order valence-corrected chi connectivity index (χ4v) is 5.44. The number of amides is 2. The van der Waals surface area contributed by atoms with Gasteiger partial charge in [0.05, 0.1) is 25.0 Å². The highest BCUT2D eigenvalue weighted by Gasteiger charge is 2.26. The summed E-state index contributed by atoms with van der Waals surface area (Å²) in [5.74, 6) is 0.881. The number of fused-ring (bicyclic) bond motifs is 1. The number of nitrogens with one attached hydrogen (secondary N) is 1. The third kappa shape index (κ3) is 6.16. The van der Waals surface area contributed by atoms with Crippen molar-refractivity contribution >= 4 is 29.3 Å². The van der Waals surface area contributed by atoms with Gasteiger partial charge >= 0.3 is 0 Å². The molecule has 0 spiro atoms. The molecule has 2 aromatic carbocycles. The normalized spacial score (nSPS) is 17.7. The van der Waals surface area contributed by atoms with Gasteiger partial charge in [0.1, 0.15) is 5.76 Å². The lowest BCUT2D eigenvalue weighted by molar-refractivity contribution is -0.120. The van der Waals surface area contributed by atoms with E-state index < -0.39 is 0 Å². The van der Waals surface area contributed by atoms with Crippen LogP contribution in [0.3, 0.4) is 0 Å². The van der Waals surface area contributed by atoms with E-state index in [2.05, 4.69) is 23.2 Å². The molecule has 0 bridgehead atoms. The van der Waals surface area contributed by atoms with Crippen LogP contribution in [0.5, 0.6) is 0 Å². The number of furan rings is 1. The van der Waals surface area contributed by atoms with E-state index in [1.165, 1.54) is 0 Å². The van der Waals surface area contributed by atoms with Gasteiger partial charge in [0.25, 0.3) is 5.91 Å². The fourth-order valence-electron chi connectivity index (χ4n) is 4.33. The first-order valence-corrected chi connectivity index (χ1v) is 13.1. The van der Waals surface area contributed by atoms with E-state index in [9.17, 15) is 9.59 Å². The van der Waals surface area contributed by atoms with Crippen LogP contribution < -0.4 is 10.2 Å². The number of nitrogens with zero attached hydrogens (tertiary/aromatic N) is 2. The first-order chi connectivity index (χ1) is 17.0. The number of benzene rings is 2. The Balaban J connectivity index is 1.31. The maximum Gasteiger partial charge on any atom is 0.251 e. The molecule has 182 valence electrons. The molecular formula is C28H31N3O3S. The minimum atomic E-state index is -0.0198. The Morgan fingerprint density at radius 3 is 2.57 bits per heavy atom. The molecule has 1 aliphatic carbocycles. The van der Waals surface area contributed by atoms with Gasteiger partial charge in [-0.25, -0.2) is 0 Å². The van der Waals surface area contributed by atoms with Crippen molar-refractivity contribution in [2.24, 2.45) is 0 Å². The van der Waals surface area contributed by atoms with Crippen LogP contribution in [-0.4, -0.2) is 41.1 Å². The van der Waals surface area contributed by atoms with Crippen molar-refractivity contribution in [3.8, 4) is 0 Å². The predicted octanol–water partition coefficient (Wildman–Crippen LogP) is 5.09. The number of hydrogen-bond donors (Lipinski definition) is 1. The average molecular weight is 490 g/mol. The van der Waals surface area contributed by atoms with E-state index >= 15 is 0 Å². The summed E-state index contributed by atoms with van der Waals surface area (Å²) in [6.07, 6.45) is 4.75. The minimum absolute atomic E-state index is 0.0198. The third-order valence-corrected chi connectivity index (χ3v) is 7.64. The highest BCUT2D eigenvalue weighted by molar-refractivity contribution is 8.00. The largest absolute Gasteiger partial charge is 0.468 e. The van der Waals surface area contributed by atoms with E-state index in [4.69, 9.17) is 4.42 Å². The molecular weight excluding hydrogens is 458 g/mol. The van der Waals surface area contributed by atoms with Crippen LogP contribution in [0.2, 0.25) is 0 Å². The summed E-state index contributed by atoms with van der Waals surface area (Å²) in [4.78, 5) is 31.1. The first-order valence-electron chi connectivity index (χ1n) is 12.3. The molecule has 35 heavy (non-hydrogen) atoms. The lowest BCUT2D eigenvalue weighted by Crippen LogP contribution is -2.40. The van der Waals surface area contributed by atoms with Gasteiger partial charge in [-0.1, -0.05) is 31.2 Å². The van der Waals surface area contributed by atoms with Gasteiger partial charge in [-0.05, 0) is 61.2 Å². The molecule has 7 heteroatoms. The zero-order chi connectivity index (χ0) is 24.2. The second-order valence-electron chi connectivity index (χ2n) is 9.40. The zero-order valence-corrected chi connectivity index (χ0v) is 20.8. The van der Waals surface area contributed by atoms with Crippen molar-refractivity contribution in [2.45, 2.75) is 55.5 Å². The number of rotatable bonds is 8. The second-order valence-corrected chi connectivity index (χ2v) is 10.9. The number of carbonyl (C=O) groups excluding carboxylic acids is 2. The Bertz CT molecular complexity index is 1160. The summed E-state index contributed by atoms with van der Waals surface area (Å²) in [5.41, 5.74) is 2.71. The van der Waals surface area contributed by atoms with Gasteiger partial charge in [0.2, 0.25) is 5.91 Å². The molecule has 1 aliphatic heterocycles. The molecule has 2 heterocycles. The summed E-state index contributed by atoms with van der Waals surface area (Å²) < 4.78 is 5.59. The van der Waals surface area contributed by atoms with Crippen molar-refractivity contribution in [3.63, 3.8) is 0 Å². The lowest BCUT2D eigenvalue weighted by atomic mass is 10.1. The minimum Gasteiger partial charge on any atom is -0.468 e. The van der Waals surface area contributed by atoms with Crippen molar-refractivity contribution in [3.05, 3.63) is 83.8 Å². The number of carbonyl (C=O) groups is 2. The molecule has 1 unspecified atom stereocenters. The lowest BCUT2D eigenvalue weighted by Gasteiger charge is -2.27. The highest BCUT2D eigenvalue weighted by atomic mass is 32.2. The Morgan fingerprint density at radius 1 is 1.03 bits per heavy atom. The van der Waals surface area contributed by atoms with E-state index in [-0.39, 0.29) is 18.4 Å². The molecule has 5 rings (SSSR count). The molecule has 1 fully saturated rings. The standard InChI is InChI=1S/C28H31N3O3S/c1-20-14-15-31(25-6-2-3-7-26(25)35-20)27(32)19-30(18-24-5-4-16-34-24)17-21-8-10-22(11-9-21)28(33)29-23-12-13-23/h2-11,16,20,23H,12-15,17-19H2,1H3,(H,29,33). The molecule has 0 radical (unpaired) electrons. The van der Waals surface area contributed by atoms with Crippen LogP contribution in [0, 0.1) is 0 Å². The SMILES string of the molecule is CC1CCN(C(=O)CN(Cc2ccc(C(=O)NC3CC3)cc2)Cc2ccco2)c2ccccc2S1. The molecule has 6 nitrogen and oxygen atoms in total. The van der Waals surface area contributed by atoms with Crippen LogP contribution in [0.1, 0.15) is 47.9 Å². The van der Waals surface area contributed by atoms with Crippen LogP contribution in [0.15, 0.2) is 76.2 Å². The number of hydrogen-bond acceptors (Lipinski definition) is 5. The quantitative estimate of drug-likeness (QED) is 0.477. The van der Waals surface area contributed by atoms with Crippen molar-refractivity contribution in [1.29, 1.82) is 0 Å². The molecule has 2 aliphatic rings. The zero-order valence-electron chi connectivity index (χ0n) is 20.0. The Labute approximate surface area is 210 Å². The number of anilines is 1. The van der Waals surface area contributed by atoms with Crippen molar-refractivity contribution in [2.75, 3.05) is 18.0 Å². The topological polar surface area (TPSA) is 65.8 Å². The van der Waals surface area contributed by atoms with Gasteiger partial charge in [0, 0.05) is 34.8 Å². The maximum atomic E-state index is 13.6. The van der Waals surface area contributed by atoms with Crippen LogP contribution in [0.25, 0.3) is 0 Å². The van der Waals surface area contributed by atoms with Crippen LogP contribution in [0.4, 0.5) is 5.69 Å². The third-order valence-electron chi connectivity index (χ3n) is 6.40. The number of thioether (sulfide) groups is 1. The Kier molecular flexibility index (Phi) is 7.25. The van der Waals surface area contributed by atoms with Crippen LogP contribution in [-0.2, 0) is 17.9 Å².